The van der Waals surface area contributed by atoms with E-state index in [4.69, 9.17) is 0 Å². The Hall–Kier alpha value is -3.68. The van der Waals surface area contributed by atoms with Gasteiger partial charge in [-0.05, 0) is 49.2 Å². The zero-order valence-electron chi connectivity index (χ0n) is 15.9. The molecule has 2 amide bonds. The van der Waals surface area contributed by atoms with Gasteiger partial charge in [-0.1, -0.05) is 24.3 Å². The van der Waals surface area contributed by atoms with Crippen molar-refractivity contribution in [2.24, 2.45) is 10.2 Å². The minimum Gasteiger partial charge on any atom is -0.376 e. The van der Waals surface area contributed by atoms with Crippen molar-refractivity contribution >= 4 is 35.6 Å². The Labute approximate surface area is 164 Å². The van der Waals surface area contributed by atoms with Crippen LogP contribution in [-0.4, -0.2) is 37.3 Å². The van der Waals surface area contributed by atoms with Crippen molar-refractivity contribution in [2.75, 3.05) is 23.7 Å². The molecule has 2 aromatic carbocycles. The van der Waals surface area contributed by atoms with Crippen LogP contribution in [0.3, 0.4) is 0 Å². The molecule has 0 heterocycles. The Morgan fingerprint density at radius 2 is 1.21 bits per heavy atom. The third-order valence-electron chi connectivity index (χ3n) is 3.54. The third-order valence-corrected chi connectivity index (χ3v) is 3.54. The monoisotopic (exact) mass is 380 g/mol. The average molecular weight is 380 g/mol. The summed E-state index contributed by atoms with van der Waals surface area (Å²) >= 11 is 0. The lowest BCUT2D eigenvalue weighted by Gasteiger charge is -2.05. The molecule has 0 radical (unpaired) electrons. The van der Waals surface area contributed by atoms with E-state index in [0.29, 0.717) is 0 Å². The van der Waals surface area contributed by atoms with Crippen LogP contribution in [-0.2, 0) is 9.59 Å². The normalized spacial score (nSPS) is 10.8. The molecular weight excluding hydrogens is 356 g/mol. The van der Waals surface area contributed by atoms with E-state index in [-0.39, 0.29) is 24.9 Å². The van der Waals surface area contributed by atoms with E-state index in [1.165, 1.54) is 12.4 Å². The number of anilines is 2. The lowest BCUT2D eigenvalue weighted by molar-refractivity contribution is -0.120. The molecule has 0 unspecified atom stereocenters. The molecule has 0 spiro atoms. The Bertz CT molecular complexity index is 792. The molecule has 2 aromatic rings. The number of rotatable bonds is 9. The van der Waals surface area contributed by atoms with Crippen LogP contribution in [0.1, 0.15) is 11.1 Å². The lowest BCUT2D eigenvalue weighted by atomic mass is 10.2. The van der Waals surface area contributed by atoms with Crippen molar-refractivity contribution in [3.63, 3.8) is 0 Å². The van der Waals surface area contributed by atoms with E-state index in [1.54, 1.807) is 0 Å². The number of hydrazone groups is 2. The minimum atomic E-state index is -0.294. The van der Waals surface area contributed by atoms with Crippen LogP contribution in [0.15, 0.2) is 58.7 Å². The molecule has 0 bridgehead atoms. The van der Waals surface area contributed by atoms with Crippen molar-refractivity contribution in [1.82, 2.24) is 10.9 Å². The van der Waals surface area contributed by atoms with Crippen molar-refractivity contribution in [2.45, 2.75) is 13.8 Å². The van der Waals surface area contributed by atoms with Gasteiger partial charge in [0, 0.05) is 11.4 Å². The van der Waals surface area contributed by atoms with Crippen LogP contribution in [0.2, 0.25) is 0 Å². The molecule has 8 heteroatoms. The van der Waals surface area contributed by atoms with E-state index in [9.17, 15) is 9.59 Å². The number of aryl methyl sites for hydroxylation is 2. The number of carbonyl (C=O) groups is 2. The molecule has 2 rings (SSSR count). The summed E-state index contributed by atoms with van der Waals surface area (Å²) < 4.78 is 0. The maximum Gasteiger partial charge on any atom is 0.259 e. The van der Waals surface area contributed by atoms with Gasteiger partial charge in [-0.15, -0.1) is 0 Å². The van der Waals surface area contributed by atoms with Crippen LogP contribution < -0.4 is 21.5 Å². The maximum absolute atomic E-state index is 11.7. The molecule has 0 aliphatic heterocycles. The molecule has 0 aliphatic carbocycles. The number of amides is 2. The first-order valence-electron chi connectivity index (χ1n) is 8.76. The van der Waals surface area contributed by atoms with Gasteiger partial charge in [0.1, 0.15) is 0 Å². The molecule has 0 fully saturated rings. The van der Waals surface area contributed by atoms with Crippen LogP contribution in [0.5, 0.6) is 0 Å². The van der Waals surface area contributed by atoms with E-state index in [0.717, 1.165) is 22.5 Å². The van der Waals surface area contributed by atoms with Crippen molar-refractivity contribution in [3.05, 3.63) is 59.7 Å². The molecular formula is C20H24N6O2. The average Bonchev–Trinajstić information content (AvgIpc) is 2.67. The fourth-order valence-electron chi connectivity index (χ4n) is 2.24. The summed E-state index contributed by atoms with van der Waals surface area (Å²) in [6.45, 7) is 4.15. The Balaban J connectivity index is 1.60. The standard InChI is InChI=1S/C20H24N6O2/c1-15-5-3-7-17(11-15)21-13-19(27)25-23-9-10-24-26-20(28)14-22-18-8-4-6-16(2)12-18/h3-12,21-22H,13-14H2,1-2H3,(H,25,27)(H,26,28). The summed E-state index contributed by atoms with van der Waals surface area (Å²) in [7, 11) is 0. The van der Waals surface area contributed by atoms with Crippen LogP contribution in [0, 0.1) is 13.8 Å². The highest BCUT2D eigenvalue weighted by molar-refractivity contribution is 6.16. The summed E-state index contributed by atoms with van der Waals surface area (Å²) in [4.78, 5) is 23.4. The summed E-state index contributed by atoms with van der Waals surface area (Å²) in [6, 6.07) is 15.4. The minimum absolute atomic E-state index is 0.0965. The van der Waals surface area contributed by atoms with Gasteiger partial charge in [0.05, 0.1) is 25.5 Å². The Morgan fingerprint density at radius 1 is 0.786 bits per heavy atom. The number of nitrogens with one attached hydrogen (secondary N) is 4. The van der Waals surface area contributed by atoms with Crippen LogP contribution in [0.25, 0.3) is 0 Å². The predicted octanol–water partition coefficient (Wildman–Crippen LogP) is 2.03. The van der Waals surface area contributed by atoms with Crippen molar-refractivity contribution in [3.8, 4) is 0 Å². The molecule has 28 heavy (non-hydrogen) atoms. The molecule has 0 aliphatic rings. The molecule has 8 nitrogen and oxygen atoms in total. The maximum atomic E-state index is 11.7. The highest BCUT2D eigenvalue weighted by Gasteiger charge is 2.00. The third kappa shape index (κ3) is 8.13. The van der Waals surface area contributed by atoms with Crippen molar-refractivity contribution < 1.29 is 9.59 Å². The molecule has 0 aromatic heterocycles. The fourth-order valence-corrected chi connectivity index (χ4v) is 2.24. The number of hydrogen-bond donors (Lipinski definition) is 4. The second-order valence-electron chi connectivity index (χ2n) is 6.07. The smallest absolute Gasteiger partial charge is 0.259 e. The summed E-state index contributed by atoms with van der Waals surface area (Å²) in [5.41, 5.74) is 8.66. The van der Waals surface area contributed by atoms with Gasteiger partial charge in [-0.2, -0.15) is 10.2 Å². The first-order valence-corrected chi connectivity index (χ1v) is 8.76. The lowest BCUT2D eigenvalue weighted by Crippen LogP contribution is -2.26. The van der Waals surface area contributed by atoms with Gasteiger partial charge >= 0.3 is 0 Å². The SMILES string of the molecule is Cc1cccc(NCC(=O)NN=CC=NNC(=O)CNc2cccc(C)c2)c1. The number of carbonyl (C=O) groups excluding carboxylic acids is 2. The topological polar surface area (TPSA) is 107 Å². The molecule has 146 valence electrons. The van der Waals surface area contributed by atoms with Gasteiger partial charge in [0.15, 0.2) is 0 Å². The van der Waals surface area contributed by atoms with Gasteiger partial charge in [0.25, 0.3) is 11.8 Å². The Morgan fingerprint density at radius 3 is 1.61 bits per heavy atom. The predicted molar refractivity (Wildman–Crippen MR) is 113 cm³/mol. The van der Waals surface area contributed by atoms with E-state index < -0.39 is 0 Å². The van der Waals surface area contributed by atoms with Gasteiger partial charge < -0.3 is 10.6 Å². The quantitative estimate of drug-likeness (QED) is 0.394. The Kier molecular flexibility index (Phi) is 8.19. The number of hydrogen-bond acceptors (Lipinski definition) is 6. The molecule has 4 N–H and O–H groups in total. The summed E-state index contributed by atoms with van der Waals surface area (Å²) in [6.07, 6.45) is 2.55. The molecule has 0 saturated carbocycles. The van der Waals surface area contributed by atoms with E-state index in [2.05, 4.69) is 31.7 Å². The van der Waals surface area contributed by atoms with E-state index in [1.807, 2.05) is 62.4 Å². The van der Waals surface area contributed by atoms with Crippen LogP contribution in [0.4, 0.5) is 11.4 Å². The molecule has 0 atom stereocenters. The van der Waals surface area contributed by atoms with Gasteiger partial charge in [-0.25, -0.2) is 10.9 Å². The van der Waals surface area contributed by atoms with Crippen LogP contribution >= 0.6 is 0 Å². The van der Waals surface area contributed by atoms with Gasteiger partial charge in [-0.3, -0.25) is 9.59 Å². The van der Waals surface area contributed by atoms with E-state index >= 15 is 0 Å². The first kappa shape index (κ1) is 20.6. The highest BCUT2D eigenvalue weighted by atomic mass is 16.2. The first-order chi connectivity index (χ1) is 13.5. The second-order valence-corrected chi connectivity index (χ2v) is 6.07. The molecule has 0 saturated heterocycles. The highest BCUT2D eigenvalue weighted by Crippen LogP contribution is 2.09. The zero-order chi connectivity index (χ0) is 20.2. The second kappa shape index (κ2) is 11.1. The van der Waals surface area contributed by atoms with Crippen molar-refractivity contribution in [1.29, 1.82) is 0 Å². The van der Waals surface area contributed by atoms with Gasteiger partial charge in [0.2, 0.25) is 0 Å². The number of benzene rings is 2. The zero-order valence-corrected chi connectivity index (χ0v) is 15.9. The summed E-state index contributed by atoms with van der Waals surface area (Å²) in [5.74, 6) is -0.588. The number of nitrogens with zero attached hydrogens (tertiary/aromatic N) is 2. The fraction of sp³-hybridized carbons (Fsp3) is 0.200. The largest absolute Gasteiger partial charge is 0.376 e. The summed E-state index contributed by atoms with van der Waals surface area (Å²) in [5, 5.41) is 13.4.